The van der Waals surface area contributed by atoms with Crippen LogP contribution in [-0.4, -0.2) is 35.5 Å². The first-order valence-corrected chi connectivity index (χ1v) is 7.60. The number of rotatable bonds is 6. The van der Waals surface area contributed by atoms with Gasteiger partial charge in [-0.2, -0.15) is 0 Å². The van der Waals surface area contributed by atoms with E-state index < -0.39 is 29.0 Å². The van der Waals surface area contributed by atoms with Gasteiger partial charge in [0, 0.05) is 17.9 Å². The Morgan fingerprint density at radius 3 is 2.57 bits per heavy atom. The molecule has 2 rings (SSSR count). The SMILES string of the molecule is CC(OC(=O)C1CC1[N+](=O)[O-])C(=O)NCC1CCCCC1. The van der Waals surface area contributed by atoms with Gasteiger partial charge in [0.1, 0.15) is 5.92 Å². The van der Waals surface area contributed by atoms with Crippen molar-refractivity contribution in [3.8, 4) is 0 Å². The van der Waals surface area contributed by atoms with E-state index in [2.05, 4.69) is 5.32 Å². The highest BCUT2D eigenvalue weighted by Crippen LogP contribution is 2.34. The molecule has 1 amide bonds. The number of carbonyl (C=O) groups is 2. The normalized spacial score (nSPS) is 26.7. The van der Waals surface area contributed by atoms with E-state index in [-0.39, 0.29) is 12.3 Å². The van der Waals surface area contributed by atoms with Crippen molar-refractivity contribution >= 4 is 11.9 Å². The number of esters is 1. The molecule has 0 radical (unpaired) electrons. The average molecular weight is 298 g/mol. The van der Waals surface area contributed by atoms with Gasteiger partial charge in [0.25, 0.3) is 5.91 Å². The summed E-state index contributed by atoms with van der Waals surface area (Å²) in [5.41, 5.74) is 0. The van der Waals surface area contributed by atoms with E-state index in [0.717, 1.165) is 12.8 Å². The number of ether oxygens (including phenoxy) is 1. The maximum absolute atomic E-state index is 11.9. The quantitative estimate of drug-likeness (QED) is 0.452. The van der Waals surface area contributed by atoms with E-state index in [4.69, 9.17) is 4.74 Å². The Kier molecular flexibility index (Phi) is 5.14. The fourth-order valence-corrected chi connectivity index (χ4v) is 2.76. The number of hydrogen-bond acceptors (Lipinski definition) is 5. The largest absolute Gasteiger partial charge is 0.452 e. The first-order chi connectivity index (χ1) is 9.99. The van der Waals surface area contributed by atoms with Crippen molar-refractivity contribution in [3.63, 3.8) is 0 Å². The molecular weight excluding hydrogens is 276 g/mol. The summed E-state index contributed by atoms with van der Waals surface area (Å²) in [7, 11) is 0. The molecule has 0 heterocycles. The smallest absolute Gasteiger partial charge is 0.316 e. The minimum absolute atomic E-state index is 0.211. The zero-order chi connectivity index (χ0) is 15.4. The number of amides is 1. The maximum Gasteiger partial charge on any atom is 0.316 e. The lowest BCUT2D eigenvalue weighted by molar-refractivity contribution is -0.497. The first kappa shape index (κ1) is 15.7. The minimum Gasteiger partial charge on any atom is -0.452 e. The first-order valence-electron chi connectivity index (χ1n) is 7.60. The Balaban J connectivity index is 1.67. The predicted molar refractivity (Wildman–Crippen MR) is 74.0 cm³/mol. The van der Waals surface area contributed by atoms with Crippen LogP contribution < -0.4 is 5.32 Å². The van der Waals surface area contributed by atoms with Crippen LogP contribution in [0.3, 0.4) is 0 Å². The molecule has 0 aliphatic heterocycles. The summed E-state index contributed by atoms with van der Waals surface area (Å²) in [5.74, 6) is -1.15. The van der Waals surface area contributed by atoms with Crippen LogP contribution in [0.1, 0.15) is 45.4 Å². The van der Waals surface area contributed by atoms with Crippen LogP contribution in [0.5, 0.6) is 0 Å². The van der Waals surface area contributed by atoms with Crippen molar-refractivity contribution in [1.82, 2.24) is 5.32 Å². The fourth-order valence-electron chi connectivity index (χ4n) is 2.76. The van der Waals surface area contributed by atoms with E-state index in [1.54, 1.807) is 0 Å². The van der Waals surface area contributed by atoms with Gasteiger partial charge in [0.05, 0.1) is 0 Å². The van der Waals surface area contributed by atoms with Crippen molar-refractivity contribution in [2.24, 2.45) is 11.8 Å². The number of nitrogens with one attached hydrogen (secondary N) is 1. The van der Waals surface area contributed by atoms with E-state index in [1.807, 2.05) is 0 Å². The molecule has 2 aliphatic carbocycles. The third-order valence-corrected chi connectivity index (χ3v) is 4.28. The standard InChI is InChI=1S/C14H22N2O5/c1-9(21-14(18)11-7-12(11)16(19)20)13(17)15-8-10-5-3-2-4-6-10/h9-12H,2-8H2,1H3,(H,15,17). The lowest BCUT2D eigenvalue weighted by Crippen LogP contribution is -2.39. The third kappa shape index (κ3) is 4.41. The summed E-state index contributed by atoms with van der Waals surface area (Å²) >= 11 is 0. The Labute approximate surface area is 123 Å². The zero-order valence-corrected chi connectivity index (χ0v) is 12.2. The summed E-state index contributed by atoms with van der Waals surface area (Å²) in [5, 5.41) is 13.3. The van der Waals surface area contributed by atoms with Gasteiger partial charge in [-0.15, -0.1) is 0 Å². The number of hydrogen-bond donors (Lipinski definition) is 1. The van der Waals surface area contributed by atoms with Crippen LogP contribution in [0.15, 0.2) is 0 Å². The summed E-state index contributed by atoms with van der Waals surface area (Å²) in [6, 6.07) is -0.838. The van der Waals surface area contributed by atoms with Crippen LogP contribution in [0, 0.1) is 22.0 Å². The Morgan fingerprint density at radius 2 is 2.00 bits per heavy atom. The van der Waals surface area contributed by atoms with Gasteiger partial charge in [0.15, 0.2) is 6.10 Å². The fraction of sp³-hybridized carbons (Fsp3) is 0.857. The van der Waals surface area contributed by atoms with Crippen LogP contribution in [0.2, 0.25) is 0 Å². The number of carbonyl (C=O) groups excluding carboxylic acids is 2. The maximum atomic E-state index is 11.9. The molecule has 2 saturated carbocycles. The minimum atomic E-state index is -0.894. The van der Waals surface area contributed by atoms with Crippen LogP contribution in [-0.2, 0) is 14.3 Å². The van der Waals surface area contributed by atoms with Crippen molar-refractivity contribution in [2.75, 3.05) is 6.54 Å². The second kappa shape index (κ2) is 6.87. The average Bonchev–Trinajstić information content (AvgIpc) is 3.26. The molecule has 3 unspecified atom stereocenters. The second-order valence-electron chi connectivity index (χ2n) is 6.02. The molecule has 0 spiro atoms. The highest BCUT2D eigenvalue weighted by Gasteiger charge is 2.55. The molecule has 0 aromatic heterocycles. The van der Waals surface area contributed by atoms with Gasteiger partial charge in [-0.1, -0.05) is 19.3 Å². The van der Waals surface area contributed by atoms with Gasteiger partial charge in [-0.25, -0.2) is 0 Å². The van der Waals surface area contributed by atoms with Gasteiger partial charge >= 0.3 is 5.97 Å². The topological polar surface area (TPSA) is 98.5 Å². The Bertz CT molecular complexity index is 420. The molecule has 2 fully saturated rings. The third-order valence-electron chi connectivity index (χ3n) is 4.28. The zero-order valence-electron chi connectivity index (χ0n) is 12.2. The molecule has 7 heteroatoms. The second-order valence-corrected chi connectivity index (χ2v) is 6.02. The van der Waals surface area contributed by atoms with Crippen LogP contribution >= 0.6 is 0 Å². The molecule has 1 N–H and O–H groups in total. The van der Waals surface area contributed by atoms with E-state index in [0.29, 0.717) is 12.5 Å². The molecular formula is C14H22N2O5. The van der Waals surface area contributed by atoms with Crippen molar-refractivity contribution in [2.45, 2.75) is 57.6 Å². The molecule has 0 aromatic rings. The predicted octanol–water partition coefficient (Wildman–Crippen LogP) is 1.28. The number of nitrogens with zero attached hydrogens (tertiary/aromatic N) is 1. The van der Waals surface area contributed by atoms with Crippen molar-refractivity contribution in [3.05, 3.63) is 10.1 Å². The summed E-state index contributed by atoms with van der Waals surface area (Å²) < 4.78 is 5.00. The molecule has 7 nitrogen and oxygen atoms in total. The Morgan fingerprint density at radius 1 is 1.33 bits per heavy atom. The van der Waals surface area contributed by atoms with Gasteiger partial charge in [0.2, 0.25) is 6.04 Å². The van der Waals surface area contributed by atoms with Crippen LogP contribution in [0.4, 0.5) is 0 Å². The molecule has 0 bridgehead atoms. The van der Waals surface area contributed by atoms with E-state index in [9.17, 15) is 19.7 Å². The molecule has 3 atom stereocenters. The van der Waals surface area contributed by atoms with Gasteiger partial charge in [-0.05, 0) is 25.7 Å². The van der Waals surface area contributed by atoms with Crippen molar-refractivity contribution in [1.29, 1.82) is 0 Å². The Hall–Kier alpha value is -1.66. The van der Waals surface area contributed by atoms with E-state index in [1.165, 1.54) is 26.2 Å². The highest BCUT2D eigenvalue weighted by molar-refractivity contribution is 5.84. The van der Waals surface area contributed by atoms with Crippen molar-refractivity contribution < 1.29 is 19.2 Å². The molecule has 21 heavy (non-hydrogen) atoms. The van der Waals surface area contributed by atoms with Gasteiger partial charge < -0.3 is 10.1 Å². The lowest BCUT2D eigenvalue weighted by Gasteiger charge is -2.22. The monoisotopic (exact) mass is 298 g/mol. The summed E-state index contributed by atoms with van der Waals surface area (Å²) in [6.45, 7) is 2.11. The molecule has 0 saturated heterocycles. The summed E-state index contributed by atoms with van der Waals surface area (Å²) in [6.07, 6.45) is 5.24. The molecule has 0 aromatic carbocycles. The summed E-state index contributed by atoms with van der Waals surface area (Å²) in [4.78, 5) is 33.5. The molecule has 118 valence electrons. The highest BCUT2D eigenvalue weighted by atomic mass is 16.6. The molecule has 2 aliphatic rings. The lowest BCUT2D eigenvalue weighted by atomic mass is 9.89. The van der Waals surface area contributed by atoms with E-state index >= 15 is 0 Å². The van der Waals surface area contributed by atoms with Crippen LogP contribution in [0.25, 0.3) is 0 Å². The van der Waals surface area contributed by atoms with Gasteiger partial charge in [-0.3, -0.25) is 19.7 Å². The number of nitro groups is 1.